The molecule has 0 fully saturated rings. The SMILES string of the molecule is Cc1ncsc1CNS(=O)(=O)c1sc(=O)[nH]c1C. The molecule has 6 nitrogen and oxygen atoms in total. The van der Waals surface area contributed by atoms with Gasteiger partial charge in [0.1, 0.15) is 0 Å². The Labute approximate surface area is 112 Å². The van der Waals surface area contributed by atoms with Crippen molar-refractivity contribution in [2.45, 2.75) is 24.6 Å². The second-order valence-corrected chi connectivity index (χ2v) is 7.50. The Morgan fingerprint density at radius 3 is 2.67 bits per heavy atom. The van der Waals surface area contributed by atoms with E-state index in [-0.39, 0.29) is 15.6 Å². The molecule has 0 aromatic carbocycles. The monoisotopic (exact) mass is 305 g/mol. The molecule has 0 aliphatic rings. The number of nitrogens with zero attached hydrogens (tertiary/aromatic N) is 1. The number of aryl methyl sites for hydroxylation is 2. The van der Waals surface area contributed by atoms with Gasteiger partial charge in [-0.25, -0.2) is 18.1 Å². The van der Waals surface area contributed by atoms with E-state index in [0.29, 0.717) is 17.0 Å². The van der Waals surface area contributed by atoms with Gasteiger partial charge in [0.25, 0.3) is 10.0 Å². The molecule has 0 atom stereocenters. The van der Waals surface area contributed by atoms with E-state index in [1.165, 1.54) is 11.3 Å². The zero-order valence-corrected chi connectivity index (χ0v) is 12.1. The smallest absolute Gasteiger partial charge is 0.305 e. The van der Waals surface area contributed by atoms with Crippen LogP contribution in [0.5, 0.6) is 0 Å². The van der Waals surface area contributed by atoms with E-state index in [9.17, 15) is 13.2 Å². The summed E-state index contributed by atoms with van der Waals surface area (Å²) in [5.74, 6) is 0. The molecule has 0 unspecified atom stereocenters. The third-order valence-electron chi connectivity index (χ3n) is 2.29. The van der Waals surface area contributed by atoms with E-state index >= 15 is 0 Å². The van der Waals surface area contributed by atoms with Gasteiger partial charge in [-0.3, -0.25) is 4.79 Å². The maximum absolute atomic E-state index is 12.0. The van der Waals surface area contributed by atoms with Crippen molar-refractivity contribution in [3.05, 3.63) is 31.4 Å². The van der Waals surface area contributed by atoms with Crippen molar-refractivity contribution in [3.8, 4) is 0 Å². The van der Waals surface area contributed by atoms with Crippen LogP contribution < -0.4 is 9.60 Å². The molecule has 0 aliphatic heterocycles. The number of aromatic amines is 1. The first-order valence-electron chi connectivity index (χ1n) is 4.98. The van der Waals surface area contributed by atoms with Crippen LogP contribution in [0.25, 0.3) is 0 Å². The molecule has 0 amide bonds. The van der Waals surface area contributed by atoms with Crippen molar-refractivity contribution in [1.82, 2.24) is 14.7 Å². The number of hydrogen-bond donors (Lipinski definition) is 2. The maximum atomic E-state index is 12.0. The Morgan fingerprint density at radius 1 is 1.44 bits per heavy atom. The van der Waals surface area contributed by atoms with Crippen LogP contribution in [0.15, 0.2) is 14.5 Å². The maximum Gasteiger partial charge on any atom is 0.305 e. The van der Waals surface area contributed by atoms with Crippen molar-refractivity contribution in [3.63, 3.8) is 0 Å². The van der Waals surface area contributed by atoms with Crippen LogP contribution in [0.4, 0.5) is 0 Å². The molecule has 2 aromatic rings. The highest BCUT2D eigenvalue weighted by molar-refractivity contribution is 7.91. The molecule has 9 heteroatoms. The molecule has 2 N–H and O–H groups in total. The largest absolute Gasteiger partial charge is 0.315 e. The lowest BCUT2D eigenvalue weighted by Gasteiger charge is -2.04. The van der Waals surface area contributed by atoms with Gasteiger partial charge in [0.15, 0.2) is 4.21 Å². The Bertz CT molecular complexity index is 711. The van der Waals surface area contributed by atoms with Crippen LogP contribution >= 0.6 is 22.7 Å². The van der Waals surface area contributed by atoms with Gasteiger partial charge in [0, 0.05) is 17.1 Å². The van der Waals surface area contributed by atoms with E-state index in [4.69, 9.17) is 0 Å². The first-order valence-corrected chi connectivity index (χ1v) is 8.16. The molecule has 98 valence electrons. The lowest BCUT2D eigenvalue weighted by Crippen LogP contribution is -2.23. The second kappa shape index (κ2) is 4.92. The summed E-state index contributed by atoms with van der Waals surface area (Å²) < 4.78 is 26.5. The molecule has 2 aromatic heterocycles. The minimum absolute atomic E-state index is 0.0367. The number of aromatic nitrogens is 2. The zero-order valence-electron chi connectivity index (χ0n) is 9.68. The summed E-state index contributed by atoms with van der Waals surface area (Å²) in [4.78, 5) is 18.1. The highest BCUT2D eigenvalue weighted by Crippen LogP contribution is 2.17. The predicted octanol–water partition coefficient (Wildman–Crippen LogP) is 0.988. The summed E-state index contributed by atoms with van der Waals surface area (Å²) in [6.07, 6.45) is 0. The molecule has 18 heavy (non-hydrogen) atoms. The Hall–Kier alpha value is -1.03. The molecule has 0 saturated heterocycles. The number of thiazole rings is 2. The van der Waals surface area contributed by atoms with Crippen LogP contribution in [0.3, 0.4) is 0 Å². The van der Waals surface area contributed by atoms with Gasteiger partial charge in [0.05, 0.1) is 11.2 Å². The molecule has 2 heterocycles. The summed E-state index contributed by atoms with van der Waals surface area (Å²) in [5, 5.41) is 0. The molecule has 2 rings (SSSR count). The fourth-order valence-corrected chi connectivity index (χ4v) is 4.52. The second-order valence-electron chi connectivity index (χ2n) is 3.61. The van der Waals surface area contributed by atoms with Gasteiger partial charge in [-0.05, 0) is 13.8 Å². The number of sulfonamides is 1. The van der Waals surface area contributed by atoms with E-state index in [0.717, 1.165) is 10.6 Å². The fourth-order valence-electron chi connectivity index (χ4n) is 1.37. The third-order valence-corrected chi connectivity index (χ3v) is 6.23. The lowest BCUT2D eigenvalue weighted by atomic mass is 10.4. The third kappa shape index (κ3) is 2.69. The Balaban J connectivity index is 2.21. The van der Waals surface area contributed by atoms with Gasteiger partial charge in [-0.15, -0.1) is 11.3 Å². The van der Waals surface area contributed by atoms with Crippen molar-refractivity contribution in [1.29, 1.82) is 0 Å². The van der Waals surface area contributed by atoms with Crippen LogP contribution in [0.1, 0.15) is 16.3 Å². The summed E-state index contributed by atoms with van der Waals surface area (Å²) in [7, 11) is -3.65. The minimum Gasteiger partial charge on any atom is -0.315 e. The molecule has 0 aliphatic carbocycles. The number of rotatable bonds is 4. The molecule has 0 bridgehead atoms. The molecule has 0 saturated carbocycles. The lowest BCUT2D eigenvalue weighted by molar-refractivity contribution is 0.583. The summed E-state index contributed by atoms with van der Waals surface area (Å²) in [6, 6.07) is 0. The normalized spacial score (nSPS) is 11.9. The average Bonchev–Trinajstić information content (AvgIpc) is 2.82. The number of H-pyrrole nitrogens is 1. The van der Waals surface area contributed by atoms with Crippen molar-refractivity contribution < 1.29 is 8.42 Å². The minimum atomic E-state index is -3.65. The molecular formula is C9H11N3O3S3. The van der Waals surface area contributed by atoms with Crippen LogP contribution in [0, 0.1) is 13.8 Å². The van der Waals surface area contributed by atoms with E-state index in [1.54, 1.807) is 12.4 Å². The predicted molar refractivity (Wildman–Crippen MR) is 70.6 cm³/mol. The van der Waals surface area contributed by atoms with E-state index in [2.05, 4.69) is 14.7 Å². The summed E-state index contributed by atoms with van der Waals surface area (Å²) >= 11 is 2.08. The molecular weight excluding hydrogens is 294 g/mol. The highest BCUT2D eigenvalue weighted by atomic mass is 32.2. The van der Waals surface area contributed by atoms with Crippen molar-refractivity contribution in [2.75, 3.05) is 0 Å². The summed E-state index contributed by atoms with van der Waals surface area (Å²) in [6.45, 7) is 3.56. The standard InChI is InChI=1S/C9H11N3O3S3/c1-5-7(16-4-10-5)3-11-18(14,15)8-6(2)12-9(13)17-8/h4,11H,3H2,1-2H3,(H,12,13). The van der Waals surface area contributed by atoms with Crippen molar-refractivity contribution >= 4 is 32.7 Å². The highest BCUT2D eigenvalue weighted by Gasteiger charge is 2.20. The molecule has 0 spiro atoms. The van der Waals surface area contributed by atoms with Gasteiger partial charge in [0.2, 0.25) is 0 Å². The Kier molecular flexibility index (Phi) is 3.66. The fraction of sp³-hybridized carbons (Fsp3) is 0.333. The van der Waals surface area contributed by atoms with Gasteiger partial charge in [-0.2, -0.15) is 0 Å². The first-order chi connectivity index (χ1) is 8.40. The average molecular weight is 305 g/mol. The quantitative estimate of drug-likeness (QED) is 0.881. The van der Waals surface area contributed by atoms with Gasteiger partial charge < -0.3 is 4.98 Å². The van der Waals surface area contributed by atoms with E-state index in [1.807, 2.05) is 6.92 Å². The van der Waals surface area contributed by atoms with Crippen LogP contribution in [-0.2, 0) is 16.6 Å². The summed E-state index contributed by atoms with van der Waals surface area (Å²) in [5.41, 5.74) is 2.83. The topological polar surface area (TPSA) is 91.9 Å². The Morgan fingerprint density at radius 2 is 2.17 bits per heavy atom. The number of hydrogen-bond acceptors (Lipinski definition) is 6. The van der Waals surface area contributed by atoms with Crippen LogP contribution in [-0.4, -0.2) is 18.4 Å². The van der Waals surface area contributed by atoms with Gasteiger partial charge in [-0.1, -0.05) is 11.3 Å². The molecule has 0 radical (unpaired) electrons. The van der Waals surface area contributed by atoms with Gasteiger partial charge >= 0.3 is 4.87 Å². The van der Waals surface area contributed by atoms with Crippen molar-refractivity contribution in [2.24, 2.45) is 0 Å². The van der Waals surface area contributed by atoms with E-state index < -0.39 is 10.0 Å². The first kappa shape index (κ1) is 13.4. The zero-order chi connectivity index (χ0) is 13.3. The number of nitrogens with one attached hydrogen (secondary N) is 2. The van der Waals surface area contributed by atoms with Crippen LogP contribution in [0.2, 0.25) is 0 Å².